The van der Waals surface area contributed by atoms with Crippen LogP contribution in [0.3, 0.4) is 0 Å². The van der Waals surface area contributed by atoms with Crippen LogP contribution >= 0.6 is 0 Å². The quantitative estimate of drug-likeness (QED) is 0.662. The number of rotatable bonds is 4. The maximum Gasteiger partial charge on any atom is 0.508 e. The van der Waals surface area contributed by atoms with Crippen molar-refractivity contribution in [2.24, 2.45) is 28.1 Å². The van der Waals surface area contributed by atoms with Crippen LogP contribution in [-0.4, -0.2) is 18.9 Å². The molecule has 1 heterocycles. The molecule has 0 aromatic rings. The van der Waals surface area contributed by atoms with Gasteiger partial charge in [-0.2, -0.15) is 0 Å². The van der Waals surface area contributed by atoms with Gasteiger partial charge in [-0.05, 0) is 29.1 Å². The second-order valence-corrected chi connectivity index (χ2v) is 9.37. The van der Waals surface area contributed by atoms with Crippen molar-refractivity contribution in [2.45, 2.75) is 74.8 Å². The monoisotopic (exact) mass is 298 g/mol. The Morgan fingerprint density at radius 3 is 1.90 bits per heavy atom. The first-order valence-electron chi connectivity index (χ1n) is 8.12. The van der Waals surface area contributed by atoms with E-state index in [9.17, 15) is 4.79 Å². The van der Waals surface area contributed by atoms with Gasteiger partial charge in [0, 0.05) is 5.41 Å². The van der Waals surface area contributed by atoms with Crippen LogP contribution in [0.25, 0.3) is 0 Å². The molecule has 0 aromatic heterocycles. The van der Waals surface area contributed by atoms with Gasteiger partial charge in [0.25, 0.3) is 0 Å². The summed E-state index contributed by atoms with van der Waals surface area (Å²) in [5.74, 6) is 0.841. The molecule has 0 aliphatic carbocycles. The molecule has 0 N–H and O–H groups in total. The van der Waals surface area contributed by atoms with Gasteiger partial charge in [0.05, 0.1) is 0 Å². The first kappa shape index (κ1) is 18.3. The summed E-state index contributed by atoms with van der Waals surface area (Å²) in [5, 5.41) is 0. The summed E-state index contributed by atoms with van der Waals surface area (Å²) in [4.78, 5) is 11.4. The third kappa shape index (κ3) is 4.14. The Bertz CT molecular complexity index is 373. The summed E-state index contributed by atoms with van der Waals surface area (Å²) < 4.78 is 10.6. The lowest BCUT2D eigenvalue weighted by molar-refractivity contribution is -0.0788. The summed E-state index contributed by atoms with van der Waals surface area (Å²) in [7, 11) is 0. The first-order chi connectivity index (χ1) is 9.28. The second-order valence-electron chi connectivity index (χ2n) is 9.37. The summed E-state index contributed by atoms with van der Waals surface area (Å²) in [5.41, 5.74) is 0.274. The average molecular weight is 298 g/mol. The van der Waals surface area contributed by atoms with Gasteiger partial charge in [-0.15, -0.1) is 0 Å². The van der Waals surface area contributed by atoms with Crippen molar-refractivity contribution < 1.29 is 14.3 Å². The molecular formula is C18H34O3. The molecule has 0 saturated carbocycles. The average Bonchev–Trinajstić information content (AvgIpc) is 2.69. The summed E-state index contributed by atoms with van der Waals surface area (Å²) in [6, 6.07) is 0. The van der Waals surface area contributed by atoms with Gasteiger partial charge in [-0.3, -0.25) is 0 Å². The maximum absolute atomic E-state index is 11.4. The van der Waals surface area contributed by atoms with Crippen molar-refractivity contribution >= 4 is 6.16 Å². The van der Waals surface area contributed by atoms with Crippen LogP contribution in [0.1, 0.15) is 68.7 Å². The third-order valence-electron chi connectivity index (χ3n) is 5.14. The highest BCUT2D eigenvalue weighted by molar-refractivity contribution is 5.62. The smallest absolute Gasteiger partial charge is 0.430 e. The highest BCUT2D eigenvalue weighted by Crippen LogP contribution is 2.53. The van der Waals surface area contributed by atoms with E-state index < -0.39 is 6.16 Å². The fourth-order valence-electron chi connectivity index (χ4n) is 3.70. The highest BCUT2D eigenvalue weighted by Gasteiger charge is 2.53. The van der Waals surface area contributed by atoms with Crippen molar-refractivity contribution in [3.63, 3.8) is 0 Å². The minimum atomic E-state index is -0.518. The molecule has 1 saturated heterocycles. The topological polar surface area (TPSA) is 35.5 Å². The molecule has 124 valence electrons. The molecule has 1 aliphatic rings. The highest BCUT2D eigenvalue weighted by atomic mass is 16.8. The van der Waals surface area contributed by atoms with Crippen molar-refractivity contribution in [3.05, 3.63) is 0 Å². The summed E-state index contributed by atoms with van der Waals surface area (Å²) in [6.07, 6.45) is 0.422. The maximum atomic E-state index is 11.4. The van der Waals surface area contributed by atoms with Crippen LogP contribution in [0.2, 0.25) is 0 Å². The SMILES string of the molecule is CC(C)C(C)(C1COC(=O)O1)C(CC(C)(C)C)C(C)(C)C. The summed E-state index contributed by atoms with van der Waals surface area (Å²) in [6.45, 7) is 20.8. The van der Waals surface area contributed by atoms with Crippen LogP contribution in [-0.2, 0) is 9.47 Å². The van der Waals surface area contributed by atoms with Crippen molar-refractivity contribution in [2.75, 3.05) is 6.61 Å². The number of ether oxygens (including phenoxy) is 2. The van der Waals surface area contributed by atoms with E-state index in [1.165, 1.54) is 0 Å². The number of cyclic esters (lactones) is 2. The Balaban J connectivity index is 3.22. The number of hydrogen-bond donors (Lipinski definition) is 0. The van der Waals surface area contributed by atoms with Crippen LogP contribution in [0.15, 0.2) is 0 Å². The largest absolute Gasteiger partial charge is 0.508 e. The molecule has 0 bridgehead atoms. The zero-order valence-corrected chi connectivity index (χ0v) is 15.4. The molecule has 0 aromatic carbocycles. The van der Waals surface area contributed by atoms with Crippen LogP contribution in [0, 0.1) is 28.1 Å². The Labute approximate surface area is 130 Å². The zero-order valence-electron chi connectivity index (χ0n) is 15.4. The van der Waals surface area contributed by atoms with Crippen molar-refractivity contribution in [1.82, 2.24) is 0 Å². The van der Waals surface area contributed by atoms with E-state index in [4.69, 9.17) is 9.47 Å². The fourth-order valence-corrected chi connectivity index (χ4v) is 3.70. The van der Waals surface area contributed by atoms with Gasteiger partial charge < -0.3 is 9.47 Å². The van der Waals surface area contributed by atoms with Gasteiger partial charge >= 0.3 is 6.16 Å². The molecule has 21 heavy (non-hydrogen) atoms. The van der Waals surface area contributed by atoms with E-state index in [1.54, 1.807) is 0 Å². The van der Waals surface area contributed by atoms with E-state index >= 15 is 0 Å². The molecule has 1 aliphatic heterocycles. The van der Waals surface area contributed by atoms with Gasteiger partial charge in [-0.25, -0.2) is 4.79 Å². The molecule has 1 rings (SSSR count). The van der Waals surface area contributed by atoms with Crippen molar-refractivity contribution in [3.8, 4) is 0 Å². The van der Waals surface area contributed by atoms with Gasteiger partial charge in [0.2, 0.25) is 0 Å². The predicted molar refractivity (Wildman–Crippen MR) is 86.2 cm³/mol. The zero-order chi connectivity index (χ0) is 16.6. The van der Waals surface area contributed by atoms with Crippen LogP contribution < -0.4 is 0 Å². The Morgan fingerprint density at radius 2 is 1.62 bits per heavy atom. The standard InChI is InChI=1S/C18H34O3/c1-12(2)18(9,14-11-20-15(19)21-14)13(17(6,7)8)10-16(3,4)5/h12-14H,10-11H2,1-9H3. The van der Waals surface area contributed by atoms with Crippen molar-refractivity contribution in [1.29, 1.82) is 0 Å². The van der Waals surface area contributed by atoms with Gasteiger partial charge in [0.1, 0.15) is 12.7 Å². The third-order valence-corrected chi connectivity index (χ3v) is 5.14. The minimum Gasteiger partial charge on any atom is -0.430 e. The number of hydrogen-bond acceptors (Lipinski definition) is 3. The molecule has 3 unspecified atom stereocenters. The second kappa shape index (κ2) is 5.81. The molecule has 0 amide bonds. The molecule has 1 fully saturated rings. The molecular weight excluding hydrogens is 264 g/mol. The molecule has 3 atom stereocenters. The lowest BCUT2D eigenvalue weighted by Crippen LogP contribution is -2.50. The van der Waals surface area contributed by atoms with E-state index in [0.717, 1.165) is 6.42 Å². The molecule has 0 radical (unpaired) electrons. The predicted octanol–water partition coefficient (Wildman–Crippen LogP) is 5.28. The molecule has 0 spiro atoms. The van der Waals surface area contributed by atoms with Crippen LogP contribution in [0.5, 0.6) is 0 Å². The van der Waals surface area contributed by atoms with E-state index in [-0.39, 0.29) is 22.3 Å². The Kier molecular flexibility index (Phi) is 5.07. The van der Waals surface area contributed by atoms with Gasteiger partial charge in [-0.1, -0.05) is 62.3 Å². The van der Waals surface area contributed by atoms with Gasteiger partial charge in [0.15, 0.2) is 0 Å². The van der Waals surface area contributed by atoms with Crippen LogP contribution in [0.4, 0.5) is 4.79 Å². The minimum absolute atomic E-state index is 0.0995. The normalized spacial score (nSPS) is 24.5. The lowest BCUT2D eigenvalue weighted by atomic mass is 9.54. The Morgan fingerprint density at radius 1 is 1.10 bits per heavy atom. The number of carbonyl (C=O) groups excluding carboxylic acids is 1. The fraction of sp³-hybridized carbons (Fsp3) is 0.944. The van der Waals surface area contributed by atoms with E-state index in [2.05, 4.69) is 62.3 Å². The number of carbonyl (C=O) groups is 1. The Hall–Kier alpha value is -0.730. The molecule has 3 nitrogen and oxygen atoms in total. The lowest BCUT2D eigenvalue weighted by Gasteiger charge is -2.51. The summed E-state index contributed by atoms with van der Waals surface area (Å²) >= 11 is 0. The van der Waals surface area contributed by atoms with E-state index in [0.29, 0.717) is 18.4 Å². The first-order valence-corrected chi connectivity index (χ1v) is 8.12. The molecule has 3 heteroatoms. The van der Waals surface area contributed by atoms with E-state index in [1.807, 2.05) is 0 Å².